The van der Waals surface area contributed by atoms with Crippen LogP contribution in [-0.4, -0.2) is 66.3 Å². The molecule has 0 saturated carbocycles. The molecule has 2 aromatic carbocycles. The lowest BCUT2D eigenvalue weighted by Crippen LogP contribution is -2.57. The largest absolute Gasteiger partial charge is 0.481 e. The Morgan fingerprint density at radius 2 is 1.73 bits per heavy atom. The standard InChI is InChI=1S/C23H27N3O4/c1-16-15-25(23(29)18-8-5-4-6-9-18)12-13-26(16)22(28)17(2)30-20-11-7-10-19(14-20)21(27)24-3/h4-11,14,16-17H,12-13,15H2,1-3H3,(H,24,27)/t16-,17-/m1/s1. The molecule has 2 atom stereocenters. The lowest BCUT2D eigenvalue weighted by Gasteiger charge is -2.40. The second-order valence-corrected chi connectivity index (χ2v) is 7.36. The fraction of sp³-hybridized carbons (Fsp3) is 0.348. The summed E-state index contributed by atoms with van der Waals surface area (Å²) < 4.78 is 5.80. The van der Waals surface area contributed by atoms with E-state index in [1.54, 1.807) is 60.2 Å². The third-order valence-corrected chi connectivity index (χ3v) is 5.20. The maximum Gasteiger partial charge on any atom is 0.263 e. The van der Waals surface area contributed by atoms with E-state index in [-0.39, 0.29) is 23.8 Å². The average Bonchev–Trinajstić information content (AvgIpc) is 2.78. The van der Waals surface area contributed by atoms with E-state index in [0.717, 1.165) is 0 Å². The number of hydrogen-bond donors (Lipinski definition) is 1. The van der Waals surface area contributed by atoms with Crippen LogP contribution < -0.4 is 10.1 Å². The second-order valence-electron chi connectivity index (χ2n) is 7.36. The molecular weight excluding hydrogens is 382 g/mol. The van der Waals surface area contributed by atoms with Gasteiger partial charge in [-0.1, -0.05) is 24.3 Å². The molecule has 1 aliphatic heterocycles. The summed E-state index contributed by atoms with van der Waals surface area (Å²) in [5, 5.41) is 2.57. The number of nitrogens with zero attached hydrogens (tertiary/aromatic N) is 2. The highest BCUT2D eigenvalue weighted by Crippen LogP contribution is 2.18. The zero-order valence-corrected chi connectivity index (χ0v) is 17.5. The molecule has 1 fully saturated rings. The minimum absolute atomic E-state index is 0.0233. The van der Waals surface area contributed by atoms with Gasteiger partial charge in [0.05, 0.1) is 0 Å². The smallest absolute Gasteiger partial charge is 0.263 e. The van der Waals surface area contributed by atoms with Gasteiger partial charge in [-0.25, -0.2) is 0 Å². The van der Waals surface area contributed by atoms with Crippen LogP contribution in [0.5, 0.6) is 5.75 Å². The second kappa shape index (κ2) is 9.43. The van der Waals surface area contributed by atoms with Gasteiger partial charge in [0, 0.05) is 43.9 Å². The van der Waals surface area contributed by atoms with Crippen molar-refractivity contribution < 1.29 is 19.1 Å². The van der Waals surface area contributed by atoms with Crippen LogP contribution in [0, 0.1) is 0 Å². The lowest BCUT2D eigenvalue weighted by molar-refractivity contribution is -0.142. The summed E-state index contributed by atoms with van der Waals surface area (Å²) in [6.45, 7) is 5.02. The highest BCUT2D eigenvalue weighted by atomic mass is 16.5. The Bertz CT molecular complexity index is 916. The Labute approximate surface area is 176 Å². The van der Waals surface area contributed by atoms with Crippen LogP contribution in [0.25, 0.3) is 0 Å². The Morgan fingerprint density at radius 3 is 2.40 bits per heavy atom. The zero-order chi connectivity index (χ0) is 21.7. The first-order chi connectivity index (χ1) is 14.4. The number of ether oxygens (including phenoxy) is 1. The van der Waals surface area contributed by atoms with E-state index >= 15 is 0 Å². The zero-order valence-electron chi connectivity index (χ0n) is 17.5. The summed E-state index contributed by atoms with van der Waals surface area (Å²) in [7, 11) is 1.56. The molecule has 3 amide bonds. The third-order valence-electron chi connectivity index (χ3n) is 5.20. The molecule has 0 aliphatic carbocycles. The topological polar surface area (TPSA) is 79.0 Å². The molecule has 0 unspecified atom stereocenters. The Hall–Kier alpha value is -3.35. The number of carbonyl (C=O) groups excluding carboxylic acids is 3. The van der Waals surface area contributed by atoms with E-state index in [2.05, 4.69) is 5.32 Å². The summed E-state index contributed by atoms with van der Waals surface area (Å²) in [4.78, 5) is 40.9. The summed E-state index contributed by atoms with van der Waals surface area (Å²) in [5.41, 5.74) is 1.12. The molecule has 0 radical (unpaired) electrons. The van der Waals surface area contributed by atoms with Gasteiger partial charge in [0.1, 0.15) is 5.75 Å². The third kappa shape index (κ3) is 4.79. The Balaban J connectivity index is 1.61. The van der Waals surface area contributed by atoms with Gasteiger partial charge in [-0.15, -0.1) is 0 Å². The maximum atomic E-state index is 13.0. The molecule has 7 nitrogen and oxygen atoms in total. The van der Waals surface area contributed by atoms with Crippen molar-refractivity contribution in [3.8, 4) is 5.75 Å². The first-order valence-electron chi connectivity index (χ1n) is 10.0. The van der Waals surface area contributed by atoms with Crippen LogP contribution in [0.4, 0.5) is 0 Å². The van der Waals surface area contributed by atoms with Crippen molar-refractivity contribution >= 4 is 17.7 Å². The van der Waals surface area contributed by atoms with Crippen molar-refractivity contribution in [3.63, 3.8) is 0 Å². The van der Waals surface area contributed by atoms with Gasteiger partial charge in [0.25, 0.3) is 17.7 Å². The molecule has 1 aliphatic rings. The Morgan fingerprint density at radius 1 is 1.03 bits per heavy atom. The van der Waals surface area contributed by atoms with E-state index < -0.39 is 6.10 Å². The van der Waals surface area contributed by atoms with Gasteiger partial charge in [-0.3, -0.25) is 14.4 Å². The summed E-state index contributed by atoms with van der Waals surface area (Å²) in [6, 6.07) is 15.8. The number of amides is 3. The van der Waals surface area contributed by atoms with Gasteiger partial charge in [-0.2, -0.15) is 0 Å². The first-order valence-corrected chi connectivity index (χ1v) is 10.0. The molecular formula is C23H27N3O4. The number of hydrogen-bond acceptors (Lipinski definition) is 4. The molecule has 1 saturated heterocycles. The van der Waals surface area contributed by atoms with Crippen LogP contribution >= 0.6 is 0 Å². The molecule has 0 bridgehead atoms. The number of nitrogens with one attached hydrogen (secondary N) is 1. The fourth-order valence-corrected chi connectivity index (χ4v) is 3.58. The van der Waals surface area contributed by atoms with Crippen LogP contribution in [0.1, 0.15) is 34.6 Å². The van der Waals surface area contributed by atoms with E-state index in [4.69, 9.17) is 4.74 Å². The number of benzene rings is 2. The average molecular weight is 409 g/mol. The van der Waals surface area contributed by atoms with Gasteiger partial charge < -0.3 is 19.9 Å². The molecule has 30 heavy (non-hydrogen) atoms. The summed E-state index contributed by atoms with van der Waals surface area (Å²) in [6.07, 6.45) is -0.705. The molecule has 1 heterocycles. The minimum Gasteiger partial charge on any atom is -0.481 e. The van der Waals surface area contributed by atoms with E-state index in [1.165, 1.54) is 0 Å². The summed E-state index contributed by atoms with van der Waals surface area (Å²) in [5.74, 6) is 0.0827. The number of piperazine rings is 1. The molecule has 0 spiro atoms. The van der Waals surface area contributed by atoms with Crippen molar-refractivity contribution in [2.75, 3.05) is 26.7 Å². The molecule has 158 valence electrons. The predicted octanol–water partition coefficient (Wildman–Crippen LogP) is 2.19. The van der Waals surface area contributed by atoms with Crippen molar-refractivity contribution in [2.24, 2.45) is 0 Å². The van der Waals surface area contributed by atoms with Crippen molar-refractivity contribution in [2.45, 2.75) is 26.0 Å². The predicted molar refractivity (Wildman–Crippen MR) is 113 cm³/mol. The minimum atomic E-state index is -0.705. The quantitative estimate of drug-likeness (QED) is 0.821. The number of carbonyl (C=O) groups is 3. The molecule has 7 heteroatoms. The molecule has 3 rings (SSSR count). The maximum absolute atomic E-state index is 13.0. The molecule has 0 aromatic heterocycles. The molecule has 2 aromatic rings. The first kappa shape index (κ1) is 21.4. The van der Waals surface area contributed by atoms with Crippen molar-refractivity contribution in [1.29, 1.82) is 0 Å². The van der Waals surface area contributed by atoms with Crippen LogP contribution in [0.15, 0.2) is 54.6 Å². The fourth-order valence-electron chi connectivity index (χ4n) is 3.58. The van der Waals surface area contributed by atoms with Crippen LogP contribution in [-0.2, 0) is 4.79 Å². The van der Waals surface area contributed by atoms with E-state index in [1.807, 2.05) is 25.1 Å². The highest BCUT2D eigenvalue weighted by Gasteiger charge is 2.33. The van der Waals surface area contributed by atoms with Gasteiger partial charge in [-0.05, 0) is 44.2 Å². The van der Waals surface area contributed by atoms with Crippen molar-refractivity contribution in [1.82, 2.24) is 15.1 Å². The normalized spacial score (nSPS) is 17.2. The van der Waals surface area contributed by atoms with E-state index in [0.29, 0.717) is 36.5 Å². The monoisotopic (exact) mass is 409 g/mol. The molecule has 1 N–H and O–H groups in total. The lowest BCUT2D eigenvalue weighted by atomic mass is 10.1. The van der Waals surface area contributed by atoms with Crippen LogP contribution in [0.2, 0.25) is 0 Å². The highest BCUT2D eigenvalue weighted by molar-refractivity contribution is 5.95. The van der Waals surface area contributed by atoms with E-state index in [9.17, 15) is 14.4 Å². The van der Waals surface area contributed by atoms with Crippen molar-refractivity contribution in [3.05, 3.63) is 65.7 Å². The van der Waals surface area contributed by atoms with Gasteiger partial charge in [0.15, 0.2) is 6.10 Å². The number of rotatable bonds is 5. The Kier molecular flexibility index (Phi) is 6.72. The van der Waals surface area contributed by atoms with Gasteiger partial charge in [0.2, 0.25) is 0 Å². The van der Waals surface area contributed by atoms with Gasteiger partial charge >= 0.3 is 0 Å². The van der Waals surface area contributed by atoms with Crippen LogP contribution in [0.3, 0.4) is 0 Å². The SMILES string of the molecule is CNC(=O)c1cccc(O[C@H](C)C(=O)N2CCN(C(=O)c3ccccc3)C[C@H]2C)c1. The summed E-state index contributed by atoms with van der Waals surface area (Å²) >= 11 is 0.